The SMILES string of the molecule is CN(CCCOc1ccc(Cl)cc1-c1nc2ccc(Cl)cc2c(=O)[nH]1)C(=O)OC(C)(C)C.CNCCCOc1ccc(Cl)cc1-c1nc2ccc(Cl)cc2c(=O)[nH]1. The van der Waals surface area contributed by atoms with Gasteiger partial charge in [-0.25, -0.2) is 14.8 Å². The molecule has 300 valence electrons. The van der Waals surface area contributed by atoms with Gasteiger partial charge in [0.1, 0.15) is 28.7 Å². The van der Waals surface area contributed by atoms with Crippen LogP contribution in [0.5, 0.6) is 11.5 Å². The Hall–Kier alpha value is -4.85. The summed E-state index contributed by atoms with van der Waals surface area (Å²) < 4.78 is 17.1. The van der Waals surface area contributed by atoms with E-state index >= 15 is 0 Å². The number of nitrogens with one attached hydrogen (secondary N) is 3. The summed E-state index contributed by atoms with van der Waals surface area (Å²) >= 11 is 24.3. The number of rotatable bonds is 12. The molecule has 12 nitrogen and oxygen atoms in total. The number of benzene rings is 4. The van der Waals surface area contributed by atoms with Crippen molar-refractivity contribution < 1.29 is 19.0 Å². The third-order valence-electron chi connectivity index (χ3n) is 8.16. The van der Waals surface area contributed by atoms with Gasteiger partial charge >= 0.3 is 6.09 Å². The highest BCUT2D eigenvalue weighted by atomic mass is 35.5. The summed E-state index contributed by atoms with van der Waals surface area (Å²) in [6.07, 6.45) is 1.05. The van der Waals surface area contributed by atoms with Gasteiger partial charge in [-0.1, -0.05) is 46.4 Å². The van der Waals surface area contributed by atoms with E-state index in [1.54, 1.807) is 79.8 Å². The molecule has 2 aromatic heterocycles. The number of H-pyrrole nitrogens is 2. The van der Waals surface area contributed by atoms with Gasteiger partial charge in [0.15, 0.2) is 0 Å². The van der Waals surface area contributed by atoms with Gasteiger partial charge < -0.3 is 34.4 Å². The van der Waals surface area contributed by atoms with Crippen molar-refractivity contribution in [1.82, 2.24) is 30.2 Å². The molecule has 0 saturated carbocycles. The molecule has 6 rings (SSSR count). The van der Waals surface area contributed by atoms with Crippen molar-refractivity contribution in [1.29, 1.82) is 0 Å². The van der Waals surface area contributed by atoms with Gasteiger partial charge in [-0.2, -0.15) is 0 Å². The van der Waals surface area contributed by atoms with Crippen LogP contribution >= 0.6 is 46.4 Å². The Bertz CT molecular complexity index is 2490. The lowest BCUT2D eigenvalue weighted by Crippen LogP contribution is -2.35. The number of aromatic nitrogens is 4. The molecule has 0 spiro atoms. The minimum atomic E-state index is -0.546. The summed E-state index contributed by atoms with van der Waals surface area (Å²) in [5, 5.41) is 5.88. The number of carbonyl (C=O) groups is 1. The second-order valence-electron chi connectivity index (χ2n) is 13.8. The Morgan fingerprint density at radius 1 is 0.702 bits per heavy atom. The minimum Gasteiger partial charge on any atom is -0.493 e. The molecular formula is C41H42Cl4N6O6. The summed E-state index contributed by atoms with van der Waals surface area (Å²) in [6, 6.07) is 20.3. The van der Waals surface area contributed by atoms with Gasteiger partial charge in [0, 0.05) is 33.7 Å². The lowest BCUT2D eigenvalue weighted by atomic mass is 10.1. The molecule has 0 bridgehead atoms. The Morgan fingerprint density at radius 2 is 1.14 bits per heavy atom. The Kier molecular flexibility index (Phi) is 14.8. The summed E-state index contributed by atoms with van der Waals surface area (Å²) in [5.74, 6) is 1.89. The molecule has 6 aromatic rings. The average molecular weight is 857 g/mol. The van der Waals surface area contributed by atoms with Crippen molar-refractivity contribution in [3.8, 4) is 34.3 Å². The maximum atomic E-state index is 12.5. The number of ether oxygens (including phenoxy) is 3. The van der Waals surface area contributed by atoms with Crippen molar-refractivity contribution in [3.05, 3.63) is 114 Å². The quantitative estimate of drug-likeness (QED) is 0.102. The van der Waals surface area contributed by atoms with E-state index in [2.05, 4.69) is 25.3 Å². The van der Waals surface area contributed by atoms with Crippen molar-refractivity contribution in [2.75, 3.05) is 40.4 Å². The third-order valence-corrected chi connectivity index (χ3v) is 9.10. The van der Waals surface area contributed by atoms with E-state index in [1.807, 2.05) is 27.8 Å². The molecule has 0 radical (unpaired) electrons. The van der Waals surface area contributed by atoms with Crippen molar-refractivity contribution in [2.24, 2.45) is 0 Å². The molecule has 3 N–H and O–H groups in total. The third kappa shape index (κ3) is 12.1. The fourth-order valence-electron chi connectivity index (χ4n) is 5.45. The van der Waals surface area contributed by atoms with Crippen molar-refractivity contribution >= 4 is 74.3 Å². The Balaban J connectivity index is 0.000000224. The zero-order valence-electron chi connectivity index (χ0n) is 32.0. The van der Waals surface area contributed by atoms with Crippen LogP contribution in [0, 0.1) is 0 Å². The van der Waals surface area contributed by atoms with Crippen LogP contribution in [-0.4, -0.2) is 76.9 Å². The summed E-state index contributed by atoms with van der Waals surface area (Å²) in [6.45, 7) is 7.67. The van der Waals surface area contributed by atoms with Gasteiger partial charge in [-0.15, -0.1) is 0 Å². The second kappa shape index (κ2) is 19.5. The zero-order valence-corrected chi connectivity index (χ0v) is 35.0. The van der Waals surface area contributed by atoms with Crippen LogP contribution in [0.1, 0.15) is 33.6 Å². The number of nitrogens with zero attached hydrogens (tertiary/aromatic N) is 3. The van der Waals surface area contributed by atoms with E-state index in [9.17, 15) is 14.4 Å². The summed E-state index contributed by atoms with van der Waals surface area (Å²) in [7, 11) is 3.57. The number of fused-ring (bicyclic) bond motifs is 2. The first-order valence-corrected chi connectivity index (χ1v) is 19.5. The molecule has 2 heterocycles. The van der Waals surface area contributed by atoms with Crippen LogP contribution in [-0.2, 0) is 4.74 Å². The van der Waals surface area contributed by atoms with E-state index in [4.69, 9.17) is 60.6 Å². The normalized spacial score (nSPS) is 11.2. The molecule has 4 aromatic carbocycles. The first kappa shape index (κ1) is 43.3. The van der Waals surface area contributed by atoms with Crippen LogP contribution in [0.25, 0.3) is 44.6 Å². The van der Waals surface area contributed by atoms with Gasteiger partial charge in [0.05, 0.1) is 46.1 Å². The topological polar surface area (TPSA) is 152 Å². The number of amides is 1. The monoisotopic (exact) mass is 854 g/mol. The first-order chi connectivity index (χ1) is 27.1. The van der Waals surface area contributed by atoms with Crippen molar-refractivity contribution in [2.45, 2.75) is 39.2 Å². The molecule has 57 heavy (non-hydrogen) atoms. The lowest BCUT2D eigenvalue weighted by Gasteiger charge is -2.24. The molecule has 0 saturated heterocycles. The predicted octanol–water partition coefficient (Wildman–Crippen LogP) is 9.42. The molecule has 0 aliphatic rings. The molecule has 0 aliphatic heterocycles. The second-order valence-corrected chi connectivity index (χ2v) is 15.6. The highest BCUT2D eigenvalue weighted by Crippen LogP contribution is 2.32. The maximum absolute atomic E-state index is 12.5. The van der Waals surface area contributed by atoms with Gasteiger partial charge in [-0.05, 0) is 120 Å². The lowest BCUT2D eigenvalue weighted by molar-refractivity contribution is 0.0292. The highest BCUT2D eigenvalue weighted by Gasteiger charge is 2.20. The molecule has 0 fully saturated rings. The molecule has 0 atom stereocenters. The van der Waals surface area contributed by atoms with E-state index in [0.29, 0.717) is 102 Å². The maximum Gasteiger partial charge on any atom is 0.410 e. The van der Waals surface area contributed by atoms with E-state index in [0.717, 1.165) is 13.0 Å². The fraction of sp³-hybridized carbons (Fsp3) is 0.293. The van der Waals surface area contributed by atoms with E-state index in [1.165, 1.54) is 4.90 Å². The van der Waals surface area contributed by atoms with Crippen molar-refractivity contribution in [3.63, 3.8) is 0 Å². The van der Waals surface area contributed by atoms with Gasteiger partial charge in [0.2, 0.25) is 0 Å². The standard InChI is InChI=1S/C23H25Cl2N3O4.C18H17Cl2N3O2/c1-23(2,3)32-22(30)28(4)10-5-11-31-19-9-7-15(25)13-17(19)20-26-18-8-6-14(24)12-16(18)21(29)27-20;1-21-7-2-8-25-16-6-4-12(20)10-14(16)17-22-15-5-3-11(19)9-13(15)18(24)23-17/h6-9,12-13H,5,10-11H2,1-4H3,(H,26,27,29);3-6,9-10,21H,2,7-8H2,1H3,(H,22,23,24). The Morgan fingerprint density at radius 3 is 1.60 bits per heavy atom. The smallest absolute Gasteiger partial charge is 0.410 e. The first-order valence-electron chi connectivity index (χ1n) is 17.9. The van der Waals surface area contributed by atoms with E-state index in [-0.39, 0.29) is 17.2 Å². The molecule has 1 amide bonds. The zero-order chi connectivity index (χ0) is 41.3. The number of carbonyl (C=O) groups excluding carboxylic acids is 1. The van der Waals surface area contributed by atoms with Crippen LogP contribution in [0.4, 0.5) is 4.79 Å². The fourth-order valence-corrected chi connectivity index (χ4v) is 6.14. The average Bonchev–Trinajstić information content (AvgIpc) is 3.16. The predicted molar refractivity (Wildman–Crippen MR) is 229 cm³/mol. The molecule has 0 unspecified atom stereocenters. The number of aromatic amines is 2. The van der Waals surface area contributed by atoms with E-state index < -0.39 is 5.60 Å². The minimum absolute atomic E-state index is 0.261. The molecular weight excluding hydrogens is 814 g/mol. The largest absolute Gasteiger partial charge is 0.493 e. The van der Waals surface area contributed by atoms with Crippen LogP contribution in [0.2, 0.25) is 20.1 Å². The van der Waals surface area contributed by atoms with Crippen LogP contribution in [0.15, 0.2) is 82.4 Å². The number of halogens is 4. The molecule has 0 aliphatic carbocycles. The Labute approximate surface area is 349 Å². The highest BCUT2D eigenvalue weighted by molar-refractivity contribution is 6.32. The number of hydrogen-bond acceptors (Lipinski definition) is 9. The number of hydrogen-bond donors (Lipinski definition) is 3. The van der Waals surface area contributed by atoms with Gasteiger partial charge in [-0.3, -0.25) is 9.59 Å². The summed E-state index contributed by atoms with van der Waals surface area (Å²) in [4.78, 5) is 53.1. The summed E-state index contributed by atoms with van der Waals surface area (Å²) in [5.41, 5.74) is 1.16. The van der Waals surface area contributed by atoms with Gasteiger partial charge in [0.25, 0.3) is 11.1 Å². The van der Waals surface area contributed by atoms with Crippen LogP contribution < -0.4 is 25.9 Å². The van der Waals surface area contributed by atoms with Crippen LogP contribution in [0.3, 0.4) is 0 Å². The molecule has 16 heteroatoms.